The molecule has 3 rings (SSSR count). The third kappa shape index (κ3) is 3.31. The first-order valence-electron chi connectivity index (χ1n) is 8.03. The first-order valence-corrected chi connectivity index (χ1v) is 8.03. The van der Waals surface area contributed by atoms with Crippen molar-refractivity contribution in [3.8, 4) is 23.0 Å². The van der Waals surface area contributed by atoms with Crippen molar-refractivity contribution in [1.29, 1.82) is 0 Å². The van der Waals surface area contributed by atoms with E-state index in [1.807, 2.05) is 25.1 Å². The topological polar surface area (TPSA) is 54.0 Å². The minimum Gasteiger partial charge on any atom is -0.497 e. The highest BCUT2D eigenvalue weighted by Crippen LogP contribution is 2.35. The van der Waals surface area contributed by atoms with E-state index in [-0.39, 0.29) is 12.4 Å². The van der Waals surface area contributed by atoms with Crippen molar-refractivity contribution in [2.45, 2.75) is 6.92 Å². The number of rotatable bonds is 5. The van der Waals surface area contributed by atoms with Gasteiger partial charge in [-0.1, -0.05) is 12.1 Å². The van der Waals surface area contributed by atoms with Crippen molar-refractivity contribution in [2.75, 3.05) is 27.4 Å². The van der Waals surface area contributed by atoms with E-state index in [9.17, 15) is 4.79 Å². The van der Waals surface area contributed by atoms with Crippen LogP contribution in [0, 0.1) is 0 Å². The maximum Gasteiger partial charge on any atom is 0.196 e. The van der Waals surface area contributed by atoms with Crippen molar-refractivity contribution in [3.63, 3.8) is 0 Å². The highest BCUT2D eigenvalue weighted by atomic mass is 16.5. The lowest BCUT2D eigenvalue weighted by Gasteiger charge is -2.20. The summed E-state index contributed by atoms with van der Waals surface area (Å²) < 4.78 is 22.0. The van der Waals surface area contributed by atoms with Crippen LogP contribution in [0.15, 0.2) is 42.0 Å². The van der Waals surface area contributed by atoms with E-state index in [0.29, 0.717) is 40.7 Å². The van der Waals surface area contributed by atoms with Gasteiger partial charge in [0.2, 0.25) is 0 Å². The van der Waals surface area contributed by atoms with Gasteiger partial charge in [0.15, 0.2) is 17.3 Å². The predicted octanol–water partition coefficient (Wildman–Crippen LogP) is 3.76. The number of methoxy groups -OCH3 is 2. The number of hydrogen-bond donors (Lipinski definition) is 0. The lowest BCUT2D eigenvalue weighted by atomic mass is 9.98. The zero-order valence-electron chi connectivity index (χ0n) is 14.5. The van der Waals surface area contributed by atoms with Crippen molar-refractivity contribution < 1.29 is 23.7 Å². The van der Waals surface area contributed by atoms with Gasteiger partial charge in [-0.15, -0.1) is 0 Å². The van der Waals surface area contributed by atoms with Gasteiger partial charge in [-0.2, -0.15) is 0 Å². The fourth-order valence-electron chi connectivity index (χ4n) is 2.76. The molecule has 1 heterocycles. The first-order chi connectivity index (χ1) is 12.2. The van der Waals surface area contributed by atoms with E-state index in [1.165, 1.54) is 0 Å². The van der Waals surface area contributed by atoms with Gasteiger partial charge in [0.1, 0.15) is 18.1 Å². The van der Waals surface area contributed by atoms with E-state index in [4.69, 9.17) is 18.9 Å². The van der Waals surface area contributed by atoms with E-state index >= 15 is 0 Å². The zero-order valence-corrected chi connectivity index (χ0v) is 14.5. The van der Waals surface area contributed by atoms with E-state index in [2.05, 4.69) is 0 Å². The second kappa shape index (κ2) is 7.30. The number of fused-ring (bicyclic) bond motifs is 1. The molecule has 2 aromatic rings. The Bertz CT molecular complexity index is 823. The largest absolute Gasteiger partial charge is 0.497 e. The molecule has 5 heteroatoms. The molecule has 0 saturated carbocycles. The number of benzene rings is 2. The summed E-state index contributed by atoms with van der Waals surface area (Å²) in [5.41, 5.74) is 1.82. The Morgan fingerprint density at radius 2 is 2.00 bits per heavy atom. The van der Waals surface area contributed by atoms with Crippen LogP contribution in [0.3, 0.4) is 0 Å². The third-order valence-electron chi connectivity index (χ3n) is 3.95. The summed E-state index contributed by atoms with van der Waals surface area (Å²) in [5, 5.41) is 0. The van der Waals surface area contributed by atoms with Crippen LogP contribution in [0.25, 0.3) is 6.08 Å². The summed E-state index contributed by atoms with van der Waals surface area (Å²) in [4.78, 5) is 12.8. The molecule has 0 N–H and O–H groups in total. The molecule has 5 nitrogen and oxygen atoms in total. The number of ether oxygens (including phenoxy) is 4. The minimum absolute atomic E-state index is 0.0796. The third-order valence-corrected chi connectivity index (χ3v) is 3.95. The van der Waals surface area contributed by atoms with Gasteiger partial charge in [0, 0.05) is 11.1 Å². The second-order valence-corrected chi connectivity index (χ2v) is 5.46. The first kappa shape index (κ1) is 16.9. The molecular formula is C20H20O5. The van der Waals surface area contributed by atoms with Crippen LogP contribution in [0.1, 0.15) is 22.8 Å². The normalized spacial score (nSPS) is 14.7. The Labute approximate surface area is 146 Å². The quantitative estimate of drug-likeness (QED) is 0.776. The average Bonchev–Trinajstić information content (AvgIpc) is 2.64. The molecule has 130 valence electrons. The molecule has 0 aromatic heterocycles. The molecule has 0 fully saturated rings. The standard InChI is InChI=1S/C20H20O5/c1-4-24-18-7-5-6-13(20(18)23-3)10-14-12-25-17-9-8-15(22-2)11-16(17)19(14)21/h5-11H,4,12H2,1-3H3/b14-10+. The van der Waals surface area contributed by atoms with Crippen LogP contribution in [0.4, 0.5) is 0 Å². The lowest BCUT2D eigenvalue weighted by molar-refractivity contribution is 0.100. The van der Waals surface area contributed by atoms with Crippen LogP contribution in [-0.4, -0.2) is 33.2 Å². The van der Waals surface area contributed by atoms with Gasteiger partial charge >= 0.3 is 0 Å². The number of ketones is 1. The lowest BCUT2D eigenvalue weighted by Crippen LogP contribution is -2.19. The Kier molecular flexibility index (Phi) is 4.93. The van der Waals surface area contributed by atoms with E-state index in [1.54, 1.807) is 38.5 Å². The number of carbonyl (C=O) groups excluding carboxylic acids is 1. The molecule has 0 saturated heterocycles. The molecule has 25 heavy (non-hydrogen) atoms. The van der Waals surface area contributed by atoms with Gasteiger partial charge in [0.25, 0.3) is 0 Å². The molecule has 2 aromatic carbocycles. The van der Waals surface area contributed by atoms with Crippen molar-refractivity contribution >= 4 is 11.9 Å². The highest BCUT2D eigenvalue weighted by Gasteiger charge is 2.24. The fraction of sp³-hybridized carbons (Fsp3) is 0.250. The number of hydrogen-bond acceptors (Lipinski definition) is 5. The number of carbonyl (C=O) groups is 1. The van der Waals surface area contributed by atoms with Crippen molar-refractivity contribution in [2.24, 2.45) is 0 Å². The van der Waals surface area contributed by atoms with Crippen LogP contribution in [0.5, 0.6) is 23.0 Å². The molecular weight excluding hydrogens is 320 g/mol. The maximum atomic E-state index is 12.8. The molecule has 1 aliphatic heterocycles. The Hall–Kier alpha value is -2.95. The molecule has 0 atom stereocenters. The van der Waals surface area contributed by atoms with Crippen molar-refractivity contribution in [1.82, 2.24) is 0 Å². The van der Waals surface area contributed by atoms with Gasteiger partial charge in [0.05, 0.1) is 26.4 Å². The number of para-hydroxylation sites is 1. The molecule has 0 aliphatic carbocycles. The smallest absolute Gasteiger partial charge is 0.196 e. The summed E-state index contributed by atoms with van der Waals surface area (Å²) in [7, 11) is 3.15. The van der Waals surface area contributed by atoms with E-state index < -0.39 is 0 Å². The van der Waals surface area contributed by atoms with Gasteiger partial charge < -0.3 is 18.9 Å². The highest BCUT2D eigenvalue weighted by molar-refractivity contribution is 6.14. The second-order valence-electron chi connectivity index (χ2n) is 5.46. The summed E-state index contributed by atoms with van der Waals surface area (Å²) in [6.45, 7) is 2.65. The molecule has 1 aliphatic rings. The van der Waals surface area contributed by atoms with Crippen LogP contribution >= 0.6 is 0 Å². The molecule has 0 amide bonds. The SMILES string of the molecule is CCOc1cccc(/C=C2\COc3ccc(OC)cc3C2=O)c1OC. The van der Waals surface area contributed by atoms with E-state index in [0.717, 1.165) is 5.56 Å². The van der Waals surface area contributed by atoms with Gasteiger partial charge in [-0.05, 0) is 37.3 Å². The maximum absolute atomic E-state index is 12.8. The van der Waals surface area contributed by atoms with Crippen LogP contribution in [0.2, 0.25) is 0 Å². The Morgan fingerprint density at radius 3 is 2.72 bits per heavy atom. The van der Waals surface area contributed by atoms with Gasteiger partial charge in [-0.3, -0.25) is 4.79 Å². The Balaban J connectivity index is 2.00. The minimum atomic E-state index is -0.0796. The molecule has 0 bridgehead atoms. The summed E-state index contributed by atoms with van der Waals surface area (Å²) in [6.07, 6.45) is 1.78. The van der Waals surface area contributed by atoms with Crippen molar-refractivity contribution in [3.05, 3.63) is 53.1 Å². The summed E-state index contributed by atoms with van der Waals surface area (Å²) in [6, 6.07) is 10.8. The average molecular weight is 340 g/mol. The monoisotopic (exact) mass is 340 g/mol. The zero-order chi connectivity index (χ0) is 17.8. The molecule has 0 unspecified atom stereocenters. The molecule has 0 radical (unpaired) electrons. The fourth-order valence-corrected chi connectivity index (χ4v) is 2.76. The van der Waals surface area contributed by atoms with Gasteiger partial charge in [-0.25, -0.2) is 0 Å². The number of Topliss-reactive ketones (excluding diaryl/α,β-unsaturated/α-hetero) is 1. The molecule has 0 spiro atoms. The van der Waals surface area contributed by atoms with Crippen LogP contribution < -0.4 is 18.9 Å². The summed E-state index contributed by atoms with van der Waals surface area (Å²) in [5.74, 6) is 2.35. The summed E-state index contributed by atoms with van der Waals surface area (Å²) >= 11 is 0. The van der Waals surface area contributed by atoms with Crippen LogP contribution in [-0.2, 0) is 0 Å². The Morgan fingerprint density at radius 1 is 1.16 bits per heavy atom. The predicted molar refractivity (Wildman–Crippen MR) is 95.0 cm³/mol.